The Morgan fingerprint density at radius 1 is 1.07 bits per heavy atom. The van der Waals surface area contributed by atoms with Crippen LogP contribution in [0.3, 0.4) is 0 Å². The van der Waals surface area contributed by atoms with E-state index >= 15 is 0 Å². The molecular weight excluding hydrogens is 438 g/mol. The van der Waals surface area contributed by atoms with Gasteiger partial charge < -0.3 is 19.1 Å². The molecule has 0 aliphatic carbocycles. The third-order valence-electron chi connectivity index (χ3n) is 4.23. The van der Waals surface area contributed by atoms with Crippen molar-refractivity contribution in [3.8, 4) is 0 Å². The number of alkyl halides is 1. The van der Waals surface area contributed by atoms with Crippen LogP contribution in [0.5, 0.6) is 0 Å². The highest BCUT2D eigenvalue weighted by atomic mass is 79.9. The van der Waals surface area contributed by atoms with Crippen LogP contribution in [0.1, 0.15) is 57.0 Å². The number of methoxy groups -OCH3 is 1. The van der Waals surface area contributed by atoms with Gasteiger partial charge in [-0.05, 0) is 52.2 Å². The Labute approximate surface area is 183 Å². The van der Waals surface area contributed by atoms with Crippen molar-refractivity contribution >= 4 is 28.0 Å². The van der Waals surface area contributed by atoms with Gasteiger partial charge in [-0.2, -0.15) is 0 Å². The molecule has 1 rings (SSSR count). The normalized spacial score (nSPS) is 13.0. The minimum atomic E-state index is -0.627. The van der Waals surface area contributed by atoms with Crippen molar-refractivity contribution in [1.82, 2.24) is 4.90 Å². The Hall–Kier alpha value is -1.60. The summed E-state index contributed by atoms with van der Waals surface area (Å²) < 4.78 is 15.6. The van der Waals surface area contributed by atoms with Crippen molar-refractivity contribution in [3.05, 3.63) is 35.4 Å². The second-order valence-corrected chi connectivity index (χ2v) is 9.87. The van der Waals surface area contributed by atoms with Crippen LogP contribution >= 0.6 is 15.9 Å². The van der Waals surface area contributed by atoms with Crippen molar-refractivity contribution in [3.63, 3.8) is 0 Å². The summed E-state index contributed by atoms with van der Waals surface area (Å²) in [6.07, 6.45) is 0.240. The minimum absolute atomic E-state index is 0.00473. The molecule has 0 aliphatic rings. The number of rotatable bonds is 9. The van der Waals surface area contributed by atoms with Gasteiger partial charge in [0, 0.05) is 25.5 Å². The maximum Gasteiger partial charge on any atom is 0.410 e. The molecule has 6 nitrogen and oxygen atoms in total. The van der Waals surface area contributed by atoms with Crippen LogP contribution in [0.15, 0.2) is 24.3 Å². The molecule has 1 amide bonds. The van der Waals surface area contributed by atoms with E-state index in [2.05, 4.69) is 15.9 Å². The third kappa shape index (κ3) is 9.17. The Morgan fingerprint density at radius 3 is 2.17 bits per heavy atom. The number of ether oxygens (including phenoxy) is 3. The van der Waals surface area contributed by atoms with Gasteiger partial charge in [-0.3, -0.25) is 4.79 Å². The molecule has 0 spiro atoms. The molecule has 1 aromatic rings. The highest BCUT2D eigenvalue weighted by Gasteiger charge is 2.32. The second-order valence-electron chi connectivity index (χ2n) is 8.76. The number of carbonyl (C=O) groups is 2. The van der Waals surface area contributed by atoms with Crippen molar-refractivity contribution in [2.24, 2.45) is 5.41 Å². The molecule has 0 N–H and O–H groups in total. The predicted octanol–water partition coefficient (Wildman–Crippen LogP) is 5.10. The number of esters is 1. The Kier molecular flexibility index (Phi) is 9.62. The van der Waals surface area contributed by atoms with Crippen LogP contribution < -0.4 is 0 Å². The molecule has 164 valence electrons. The quantitative estimate of drug-likeness (QED) is 0.284. The van der Waals surface area contributed by atoms with Crippen LogP contribution in [0.25, 0.3) is 0 Å². The van der Waals surface area contributed by atoms with E-state index in [1.54, 1.807) is 19.1 Å². The third-order valence-corrected chi connectivity index (χ3v) is 5.08. The number of hydrogen-bond donors (Lipinski definition) is 0. The monoisotopic (exact) mass is 471 g/mol. The van der Waals surface area contributed by atoms with Gasteiger partial charge in [0.1, 0.15) is 12.2 Å². The molecule has 1 unspecified atom stereocenters. The van der Waals surface area contributed by atoms with E-state index in [0.29, 0.717) is 19.6 Å². The van der Waals surface area contributed by atoms with Gasteiger partial charge in [0.2, 0.25) is 0 Å². The van der Waals surface area contributed by atoms with Crippen molar-refractivity contribution in [1.29, 1.82) is 0 Å². The first-order valence-electron chi connectivity index (χ1n) is 9.69. The highest BCUT2D eigenvalue weighted by Crippen LogP contribution is 2.37. The summed E-state index contributed by atoms with van der Waals surface area (Å²) in [6.45, 7) is 10.4. The molecule has 0 fully saturated rings. The van der Waals surface area contributed by atoms with Gasteiger partial charge in [-0.25, -0.2) is 4.79 Å². The molecule has 0 saturated carbocycles. The first-order chi connectivity index (χ1) is 13.4. The molecule has 29 heavy (non-hydrogen) atoms. The highest BCUT2D eigenvalue weighted by molar-refractivity contribution is 9.09. The summed E-state index contributed by atoms with van der Waals surface area (Å²) in [6, 6.07) is 7.97. The van der Waals surface area contributed by atoms with E-state index in [9.17, 15) is 9.59 Å². The van der Waals surface area contributed by atoms with Gasteiger partial charge in [0.25, 0.3) is 0 Å². The van der Waals surface area contributed by atoms with Crippen LogP contribution in [-0.4, -0.2) is 49.9 Å². The minimum Gasteiger partial charge on any atom is -0.463 e. The number of halogens is 1. The summed E-state index contributed by atoms with van der Waals surface area (Å²) in [5.41, 5.74) is 0.916. The number of hydrogen-bond acceptors (Lipinski definition) is 5. The average molecular weight is 472 g/mol. The molecule has 0 bridgehead atoms. The smallest absolute Gasteiger partial charge is 0.410 e. The Morgan fingerprint density at radius 2 is 1.66 bits per heavy atom. The van der Waals surface area contributed by atoms with Gasteiger partial charge in [-0.1, -0.05) is 40.2 Å². The molecule has 0 radical (unpaired) electrons. The van der Waals surface area contributed by atoms with Crippen LogP contribution in [0, 0.1) is 5.41 Å². The summed E-state index contributed by atoms with van der Waals surface area (Å²) >= 11 is 3.69. The number of nitrogens with zero attached hydrogens (tertiary/aromatic N) is 1. The summed E-state index contributed by atoms with van der Waals surface area (Å²) in [4.78, 5) is 25.9. The van der Waals surface area contributed by atoms with Crippen molar-refractivity contribution < 1.29 is 23.8 Å². The summed E-state index contributed by atoms with van der Waals surface area (Å²) in [5.74, 6) is -0.241. The SMILES string of the molecule is COCCOC(=O)C(C)(C)CC(Br)c1ccc(CN(C)C(=O)OC(C)(C)C)cc1. The van der Waals surface area contributed by atoms with Crippen molar-refractivity contribution in [2.45, 2.75) is 58.0 Å². The van der Waals surface area contributed by atoms with E-state index in [1.165, 1.54) is 0 Å². The topological polar surface area (TPSA) is 65.1 Å². The first kappa shape index (κ1) is 25.4. The molecule has 1 aromatic carbocycles. The molecule has 7 heteroatoms. The van der Waals surface area contributed by atoms with E-state index in [0.717, 1.165) is 11.1 Å². The standard InChI is InChI=1S/C22H34BrNO5/c1-21(2,3)29-20(26)24(6)15-16-8-10-17(11-9-16)18(23)14-22(4,5)19(25)28-13-12-27-7/h8-11,18H,12-15H2,1-7H3. The molecule has 0 aromatic heterocycles. The van der Waals surface area contributed by atoms with Gasteiger partial charge >= 0.3 is 12.1 Å². The molecule has 1 atom stereocenters. The lowest BCUT2D eigenvalue weighted by Gasteiger charge is -2.26. The molecule has 0 saturated heterocycles. The van der Waals surface area contributed by atoms with Crippen molar-refractivity contribution in [2.75, 3.05) is 27.4 Å². The number of carbonyl (C=O) groups excluding carboxylic acids is 2. The average Bonchev–Trinajstić information content (AvgIpc) is 2.60. The largest absolute Gasteiger partial charge is 0.463 e. The van der Waals surface area contributed by atoms with Gasteiger partial charge in [0.05, 0.1) is 12.0 Å². The van der Waals surface area contributed by atoms with Crippen LogP contribution in [0.2, 0.25) is 0 Å². The summed E-state index contributed by atoms with van der Waals surface area (Å²) in [5, 5.41) is 0. The fourth-order valence-corrected chi connectivity index (χ4v) is 3.69. The lowest BCUT2D eigenvalue weighted by molar-refractivity contribution is -0.155. The van der Waals surface area contributed by atoms with Crippen LogP contribution in [0.4, 0.5) is 4.79 Å². The van der Waals surface area contributed by atoms with Crippen LogP contribution in [-0.2, 0) is 25.5 Å². The molecule has 0 heterocycles. The van der Waals surface area contributed by atoms with E-state index in [4.69, 9.17) is 14.2 Å². The second kappa shape index (κ2) is 11.0. The number of amides is 1. The van der Waals surface area contributed by atoms with E-state index < -0.39 is 11.0 Å². The number of benzene rings is 1. The lowest BCUT2D eigenvalue weighted by Crippen LogP contribution is -2.33. The lowest BCUT2D eigenvalue weighted by atomic mass is 9.86. The van der Waals surface area contributed by atoms with E-state index in [-0.39, 0.29) is 23.5 Å². The zero-order valence-corrected chi connectivity index (χ0v) is 20.2. The Bertz CT molecular complexity index is 667. The predicted molar refractivity (Wildman–Crippen MR) is 117 cm³/mol. The zero-order chi connectivity index (χ0) is 22.2. The molecule has 0 aliphatic heterocycles. The maximum atomic E-state index is 12.3. The fourth-order valence-electron chi connectivity index (χ4n) is 2.57. The summed E-state index contributed by atoms with van der Waals surface area (Å²) in [7, 11) is 3.29. The van der Waals surface area contributed by atoms with Gasteiger partial charge in [-0.15, -0.1) is 0 Å². The first-order valence-corrected chi connectivity index (χ1v) is 10.6. The Balaban J connectivity index is 2.66. The zero-order valence-electron chi connectivity index (χ0n) is 18.6. The fraction of sp³-hybridized carbons (Fsp3) is 0.636. The molecular formula is C22H34BrNO5. The maximum absolute atomic E-state index is 12.3. The van der Waals surface area contributed by atoms with E-state index in [1.807, 2.05) is 58.9 Å². The van der Waals surface area contributed by atoms with Gasteiger partial charge in [0.15, 0.2) is 0 Å².